The van der Waals surface area contributed by atoms with Crippen LogP contribution in [0.3, 0.4) is 0 Å². The first-order chi connectivity index (χ1) is 13.9. The average Bonchev–Trinajstić information content (AvgIpc) is 2.67. The molecule has 2 rings (SSSR count). The molecule has 0 atom stereocenters. The normalized spacial score (nSPS) is 15.5. The zero-order chi connectivity index (χ0) is 21.2. The molecule has 160 valence electrons. The van der Waals surface area contributed by atoms with Crippen molar-refractivity contribution in [1.82, 2.24) is 10.2 Å². The third-order valence-electron chi connectivity index (χ3n) is 4.60. The first-order valence-corrected chi connectivity index (χ1v) is 9.93. The van der Waals surface area contributed by atoms with Crippen LogP contribution in [0.5, 0.6) is 11.5 Å². The zero-order valence-electron chi connectivity index (χ0n) is 17.3. The Balaban J connectivity index is 1.87. The molecular weight excluding hydrogens is 378 g/mol. The molecule has 1 fully saturated rings. The highest BCUT2D eigenvalue weighted by atomic mass is 19.3. The van der Waals surface area contributed by atoms with Crippen molar-refractivity contribution in [2.45, 2.75) is 46.3 Å². The van der Waals surface area contributed by atoms with Crippen LogP contribution in [-0.4, -0.2) is 49.7 Å². The van der Waals surface area contributed by atoms with Crippen LogP contribution in [0.1, 0.15) is 39.2 Å². The smallest absolute Gasteiger partial charge is 0.387 e. The number of halogens is 2. The summed E-state index contributed by atoms with van der Waals surface area (Å²) in [6.07, 6.45) is 7.15. The number of carbonyl (C=O) groups excluding carboxylic acids is 1. The quantitative estimate of drug-likeness (QED) is 0.490. The van der Waals surface area contributed by atoms with Crippen LogP contribution in [0.4, 0.5) is 8.78 Å². The fourth-order valence-electron chi connectivity index (χ4n) is 3.08. The third kappa shape index (κ3) is 8.23. The first kappa shape index (κ1) is 22.9. The van der Waals surface area contributed by atoms with E-state index in [1.807, 2.05) is 0 Å². The molecule has 0 aliphatic carbocycles. The Hall–Kier alpha value is -2.41. The van der Waals surface area contributed by atoms with Gasteiger partial charge >= 0.3 is 6.61 Å². The maximum atomic E-state index is 12.5. The van der Waals surface area contributed by atoms with E-state index in [0.717, 1.165) is 32.5 Å². The number of piperidine rings is 1. The van der Waals surface area contributed by atoms with Crippen molar-refractivity contribution in [3.63, 3.8) is 0 Å². The summed E-state index contributed by atoms with van der Waals surface area (Å²) in [7, 11) is 0. The minimum absolute atomic E-state index is 0.0247. The number of likely N-dealkylation sites (tertiary alicyclic amines) is 1. The molecule has 1 amide bonds. The van der Waals surface area contributed by atoms with Gasteiger partial charge in [0.1, 0.15) is 0 Å². The van der Waals surface area contributed by atoms with Gasteiger partial charge in [-0.3, -0.25) is 9.69 Å². The molecule has 1 N–H and O–H groups in total. The number of allylic oxidation sites excluding steroid dienone is 1. The number of rotatable bonds is 9. The van der Waals surface area contributed by atoms with Gasteiger partial charge in [-0.05, 0) is 57.4 Å². The van der Waals surface area contributed by atoms with Gasteiger partial charge in [-0.25, -0.2) is 0 Å². The molecule has 0 radical (unpaired) electrons. The van der Waals surface area contributed by atoms with Gasteiger partial charge in [0, 0.05) is 31.8 Å². The Morgan fingerprint density at radius 1 is 1.28 bits per heavy atom. The molecule has 1 aliphatic rings. The molecule has 1 heterocycles. The van der Waals surface area contributed by atoms with Crippen molar-refractivity contribution in [3.8, 4) is 11.5 Å². The number of alkyl halides is 2. The van der Waals surface area contributed by atoms with Crippen LogP contribution < -0.4 is 14.8 Å². The third-order valence-corrected chi connectivity index (χ3v) is 4.60. The Kier molecular flexibility index (Phi) is 9.12. The van der Waals surface area contributed by atoms with Gasteiger partial charge in [-0.15, -0.1) is 0 Å². The van der Waals surface area contributed by atoms with Gasteiger partial charge < -0.3 is 14.8 Å². The Morgan fingerprint density at radius 3 is 2.62 bits per heavy atom. The maximum Gasteiger partial charge on any atom is 0.387 e. The van der Waals surface area contributed by atoms with E-state index < -0.39 is 6.61 Å². The lowest BCUT2D eigenvalue weighted by molar-refractivity contribution is -0.117. The largest absolute Gasteiger partial charge is 0.490 e. The second kappa shape index (κ2) is 11.6. The van der Waals surface area contributed by atoms with E-state index in [0.29, 0.717) is 12.2 Å². The SMILES string of the molecule is CCOc1cc(/C=C/C(=O)NC2CCN(CC=C(C)C)CC2)ccc1OC(F)F. The van der Waals surface area contributed by atoms with Crippen LogP contribution in [-0.2, 0) is 4.79 Å². The lowest BCUT2D eigenvalue weighted by atomic mass is 10.0. The van der Waals surface area contributed by atoms with Crippen molar-refractivity contribution in [1.29, 1.82) is 0 Å². The molecule has 5 nitrogen and oxygen atoms in total. The second-order valence-corrected chi connectivity index (χ2v) is 7.22. The highest BCUT2D eigenvalue weighted by Gasteiger charge is 2.19. The molecule has 1 saturated heterocycles. The number of nitrogens with zero attached hydrogens (tertiary/aromatic N) is 1. The second-order valence-electron chi connectivity index (χ2n) is 7.22. The Bertz CT molecular complexity index is 723. The average molecular weight is 408 g/mol. The van der Waals surface area contributed by atoms with Crippen LogP contribution >= 0.6 is 0 Å². The van der Waals surface area contributed by atoms with E-state index in [2.05, 4.69) is 34.9 Å². The fraction of sp³-hybridized carbons (Fsp3) is 0.500. The highest BCUT2D eigenvalue weighted by molar-refractivity contribution is 5.92. The summed E-state index contributed by atoms with van der Waals surface area (Å²) >= 11 is 0. The topological polar surface area (TPSA) is 50.8 Å². The van der Waals surface area contributed by atoms with Crippen LogP contribution in [0.25, 0.3) is 6.08 Å². The Morgan fingerprint density at radius 2 is 2.00 bits per heavy atom. The summed E-state index contributed by atoms with van der Waals surface area (Å²) in [5.41, 5.74) is 1.98. The van der Waals surface area contributed by atoms with Gasteiger partial charge in [0.05, 0.1) is 6.61 Å². The van der Waals surface area contributed by atoms with Gasteiger partial charge in [-0.2, -0.15) is 8.78 Å². The van der Waals surface area contributed by atoms with Crippen molar-refractivity contribution in [2.75, 3.05) is 26.2 Å². The minimum atomic E-state index is -2.92. The van der Waals surface area contributed by atoms with Gasteiger partial charge in [-0.1, -0.05) is 17.7 Å². The van der Waals surface area contributed by atoms with E-state index in [9.17, 15) is 13.6 Å². The van der Waals surface area contributed by atoms with Crippen LogP contribution in [0.2, 0.25) is 0 Å². The molecule has 1 aromatic rings. The van der Waals surface area contributed by atoms with E-state index in [-0.39, 0.29) is 23.4 Å². The number of amides is 1. The van der Waals surface area contributed by atoms with Crippen molar-refractivity contribution >= 4 is 12.0 Å². The monoisotopic (exact) mass is 408 g/mol. The molecule has 0 aromatic heterocycles. The number of carbonyl (C=O) groups is 1. The molecule has 1 aromatic carbocycles. The lowest BCUT2D eigenvalue weighted by Gasteiger charge is -2.31. The van der Waals surface area contributed by atoms with Crippen molar-refractivity contribution < 1.29 is 23.0 Å². The van der Waals surface area contributed by atoms with Crippen molar-refractivity contribution in [3.05, 3.63) is 41.5 Å². The summed E-state index contributed by atoms with van der Waals surface area (Å²) in [5.74, 6) is 0.0287. The Labute approximate surface area is 171 Å². The lowest BCUT2D eigenvalue weighted by Crippen LogP contribution is -2.44. The highest BCUT2D eigenvalue weighted by Crippen LogP contribution is 2.30. The fourth-order valence-corrected chi connectivity index (χ4v) is 3.08. The van der Waals surface area contributed by atoms with Crippen LogP contribution in [0, 0.1) is 0 Å². The molecule has 29 heavy (non-hydrogen) atoms. The number of hydrogen-bond donors (Lipinski definition) is 1. The van der Waals surface area contributed by atoms with E-state index >= 15 is 0 Å². The number of nitrogens with one attached hydrogen (secondary N) is 1. The summed E-state index contributed by atoms with van der Waals surface area (Å²) in [5, 5.41) is 3.03. The van der Waals surface area contributed by atoms with Gasteiger partial charge in [0.2, 0.25) is 5.91 Å². The molecular formula is C22H30F2N2O3. The standard InChI is InChI=1S/C22H30F2N2O3/c1-4-28-20-15-17(5-7-19(20)29-22(23)24)6-8-21(27)25-18-10-13-26(14-11-18)12-9-16(2)3/h5-9,15,18,22H,4,10-14H2,1-3H3,(H,25,27)/b8-6+. The first-order valence-electron chi connectivity index (χ1n) is 9.93. The summed E-state index contributed by atoms with van der Waals surface area (Å²) in [4.78, 5) is 14.6. The predicted octanol–water partition coefficient (Wildman–Crippen LogP) is 4.25. The van der Waals surface area contributed by atoms with E-state index in [1.165, 1.54) is 17.7 Å². The van der Waals surface area contributed by atoms with Crippen molar-refractivity contribution in [2.24, 2.45) is 0 Å². The van der Waals surface area contributed by atoms with E-state index in [4.69, 9.17) is 4.74 Å². The zero-order valence-corrected chi connectivity index (χ0v) is 17.3. The van der Waals surface area contributed by atoms with Crippen LogP contribution in [0.15, 0.2) is 35.9 Å². The summed E-state index contributed by atoms with van der Waals surface area (Å²) in [6, 6.07) is 4.76. The summed E-state index contributed by atoms with van der Waals surface area (Å²) in [6.45, 7) is 6.22. The molecule has 0 unspecified atom stereocenters. The molecule has 7 heteroatoms. The molecule has 1 aliphatic heterocycles. The van der Waals surface area contributed by atoms with Gasteiger partial charge in [0.25, 0.3) is 0 Å². The molecule has 0 saturated carbocycles. The minimum Gasteiger partial charge on any atom is -0.490 e. The maximum absolute atomic E-state index is 12.5. The van der Waals surface area contributed by atoms with E-state index in [1.54, 1.807) is 25.1 Å². The van der Waals surface area contributed by atoms with Gasteiger partial charge in [0.15, 0.2) is 11.5 Å². The number of benzene rings is 1. The number of ether oxygens (including phenoxy) is 2. The summed E-state index contributed by atoms with van der Waals surface area (Å²) < 4.78 is 34.7. The predicted molar refractivity (Wildman–Crippen MR) is 110 cm³/mol. The molecule has 0 bridgehead atoms. The molecule has 0 spiro atoms. The number of hydrogen-bond acceptors (Lipinski definition) is 4.